The Morgan fingerprint density at radius 1 is 1.27 bits per heavy atom. The van der Waals surface area contributed by atoms with Crippen LogP contribution in [0.1, 0.15) is 18.4 Å². The number of carbonyl (C=O) groups excluding carboxylic acids is 1. The average molecular weight is 355 g/mol. The summed E-state index contributed by atoms with van der Waals surface area (Å²) in [6.45, 7) is 1.98. The van der Waals surface area contributed by atoms with Gasteiger partial charge in [0.2, 0.25) is 5.91 Å². The number of anilines is 1. The van der Waals surface area contributed by atoms with Crippen molar-refractivity contribution < 1.29 is 14.1 Å². The van der Waals surface area contributed by atoms with Crippen molar-refractivity contribution in [3.05, 3.63) is 68.7 Å². The Labute approximate surface area is 148 Å². The Hall–Kier alpha value is -3.42. The molecule has 0 fully saturated rings. The molecule has 0 bridgehead atoms. The smallest absolute Gasteiger partial charge is 0.408 e. The Morgan fingerprint density at radius 3 is 2.81 bits per heavy atom. The van der Waals surface area contributed by atoms with E-state index in [-0.39, 0.29) is 18.0 Å². The summed E-state index contributed by atoms with van der Waals surface area (Å²) < 4.78 is 6.63. The average Bonchev–Trinajstić information content (AvgIpc) is 2.92. The van der Waals surface area contributed by atoms with Gasteiger partial charge in [-0.1, -0.05) is 18.2 Å². The third-order valence-corrected chi connectivity index (χ3v) is 4.05. The van der Waals surface area contributed by atoms with Crippen LogP contribution < -0.4 is 11.1 Å². The largest absolute Gasteiger partial charge is 0.419 e. The van der Waals surface area contributed by atoms with Crippen molar-refractivity contribution in [1.82, 2.24) is 4.57 Å². The molecule has 0 aliphatic carbocycles. The molecule has 0 spiro atoms. The molecule has 0 aliphatic heterocycles. The molecule has 8 nitrogen and oxygen atoms in total. The predicted octanol–water partition coefficient (Wildman–Crippen LogP) is 3.23. The Kier molecular flexibility index (Phi) is 4.83. The number of hydrogen-bond acceptors (Lipinski definition) is 5. The van der Waals surface area contributed by atoms with Gasteiger partial charge in [0.05, 0.1) is 10.4 Å². The van der Waals surface area contributed by atoms with Crippen molar-refractivity contribution in [1.29, 1.82) is 0 Å². The van der Waals surface area contributed by atoms with Gasteiger partial charge in [0.25, 0.3) is 5.69 Å². The van der Waals surface area contributed by atoms with E-state index in [0.29, 0.717) is 35.3 Å². The lowest BCUT2D eigenvalue weighted by atomic mass is 10.2. The molecule has 0 unspecified atom stereocenters. The van der Waals surface area contributed by atoms with E-state index >= 15 is 0 Å². The molecular formula is C18H17N3O5. The van der Waals surface area contributed by atoms with E-state index in [1.807, 2.05) is 6.07 Å². The quantitative estimate of drug-likeness (QED) is 0.539. The van der Waals surface area contributed by atoms with Crippen LogP contribution in [0.3, 0.4) is 0 Å². The van der Waals surface area contributed by atoms with Gasteiger partial charge in [-0.15, -0.1) is 0 Å². The number of aromatic nitrogens is 1. The third kappa shape index (κ3) is 3.64. The van der Waals surface area contributed by atoms with Gasteiger partial charge in [0, 0.05) is 30.3 Å². The number of oxazole rings is 1. The molecule has 1 heterocycles. The minimum absolute atomic E-state index is 0.0424. The highest BCUT2D eigenvalue weighted by Gasteiger charge is 2.13. The molecule has 0 saturated carbocycles. The van der Waals surface area contributed by atoms with Gasteiger partial charge in [-0.05, 0) is 31.5 Å². The van der Waals surface area contributed by atoms with Crippen LogP contribution in [0, 0.1) is 17.0 Å². The number of nitrogens with one attached hydrogen (secondary N) is 1. The SMILES string of the molecule is Cc1ccc(NC(=O)CCCn2c(=O)oc3ccccc32)cc1[N+](=O)[O-]. The van der Waals surface area contributed by atoms with E-state index in [1.165, 1.54) is 10.6 Å². The fraction of sp³-hybridized carbons (Fsp3) is 0.222. The van der Waals surface area contributed by atoms with Crippen LogP contribution in [0.15, 0.2) is 51.7 Å². The van der Waals surface area contributed by atoms with E-state index < -0.39 is 10.7 Å². The third-order valence-electron chi connectivity index (χ3n) is 4.05. The Balaban J connectivity index is 1.61. The lowest BCUT2D eigenvalue weighted by Crippen LogP contribution is -2.17. The van der Waals surface area contributed by atoms with Crippen LogP contribution >= 0.6 is 0 Å². The molecule has 0 atom stereocenters. The van der Waals surface area contributed by atoms with Crippen LogP contribution in [-0.4, -0.2) is 15.4 Å². The standard InChI is InChI=1S/C18H17N3O5/c1-12-8-9-13(11-15(12)21(24)25)19-17(22)7-4-10-20-14-5-2-3-6-16(14)26-18(20)23/h2-3,5-6,8-9,11H,4,7,10H2,1H3,(H,19,22). The van der Waals surface area contributed by atoms with Crippen molar-refractivity contribution in [2.75, 3.05) is 5.32 Å². The van der Waals surface area contributed by atoms with Crippen molar-refractivity contribution in [2.45, 2.75) is 26.3 Å². The number of fused-ring (bicyclic) bond motifs is 1. The summed E-state index contributed by atoms with van der Waals surface area (Å²) in [6.07, 6.45) is 0.608. The zero-order valence-corrected chi connectivity index (χ0v) is 14.1. The molecule has 1 N–H and O–H groups in total. The summed E-state index contributed by atoms with van der Waals surface area (Å²) in [4.78, 5) is 34.4. The first-order valence-corrected chi connectivity index (χ1v) is 8.09. The molecule has 3 aromatic rings. The molecule has 1 amide bonds. The minimum atomic E-state index is -0.485. The normalized spacial score (nSPS) is 10.8. The molecule has 2 aromatic carbocycles. The number of para-hydroxylation sites is 2. The number of hydrogen-bond donors (Lipinski definition) is 1. The summed E-state index contributed by atoms with van der Waals surface area (Å²) in [5.74, 6) is -0.732. The van der Waals surface area contributed by atoms with Crippen LogP contribution in [0.25, 0.3) is 11.1 Å². The van der Waals surface area contributed by atoms with Crippen molar-refractivity contribution in [3.8, 4) is 0 Å². The molecule has 1 aromatic heterocycles. The Bertz CT molecular complexity index is 1030. The van der Waals surface area contributed by atoms with Crippen LogP contribution in [0.5, 0.6) is 0 Å². The van der Waals surface area contributed by atoms with Gasteiger partial charge < -0.3 is 9.73 Å². The topological polar surface area (TPSA) is 107 Å². The summed E-state index contributed by atoms with van der Waals surface area (Å²) in [6, 6.07) is 11.6. The fourth-order valence-corrected chi connectivity index (χ4v) is 2.73. The van der Waals surface area contributed by atoms with E-state index in [0.717, 1.165) is 0 Å². The van der Waals surface area contributed by atoms with E-state index in [1.54, 1.807) is 37.3 Å². The summed E-state index contributed by atoms with van der Waals surface area (Å²) >= 11 is 0. The lowest BCUT2D eigenvalue weighted by Gasteiger charge is -2.06. The molecule has 134 valence electrons. The van der Waals surface area contributed by atoms with Gasteiger partial charge in [0.15, 0.2) is 5.58 Å². The molecule has 0 radical (unpaired) electrons. The monoisotopic (exact) mass is 355 g/mol. The highest BCUT2D eigenvalue weighted by Crippen LogP contribution is 2.22. The minimum Gasteiger partial charge on any atom is -0.408 e. The maximum Gasteiger partial charge on any atom is 0.419 e. The molecule has 26 heavy (non-hydrogen) atoms. The highest BCUT2D eigenvalue weighted by molar-refractivity contribution is 5.91. The molecule has 3 rings (SSSR count). The molecule has 0 aliphatic rings. The van der Waals surface area contributed by atoms with Crippen molar-refractivity contribution in [2.24, 2.45) is 0 Å². The number of amides is 1. The second kappa shape index (κ2) is 7.22. The van der Waals surface area contributed by atoms with Crippen molar-refractivity contribution >= 4 is 28.4 Å². The number of nitro benzene ring substituents is 1. The first-order chi connectivity index (χ1) is 12.5. The maximum absolute atomic E-state index is 12.1. The van der Waals surface area contributed by atoms with Gasteiger partial charge in [-0.25, -0.2) is 4.79 Å². The van der Waals surface area contributed by atoms with E-state index in [4.69, 9.17) is 4.42 Å². The van der Waals surface area contributed by atoms with Crippen LogP contribution in [0.2, 0.25) is 0 Å². The summed E-state index contributed by atoms with van der Waals surface area (Å²) in [5, 5.41) is 13.6. The van der Waals surface area contributed by atoms with E-state index in [2.05, 4.69) is 5.32 Å². The number of nitro groups is 1. The number of carbonyl (C=O) groups is 1. The number of rotatable bonds is 6. The molecule has 0 saturated heterocycles. The highest BCUT2D eigenvalue weighted by atomic mass is 16.6. The predicted molar refractivity (Wildman–Crippen MR) is 96.2 cm³/mol. The second-order valence-corrected chi connectivity index (χ2v) is 5.90. The maximum atomic E-state index is 12.1. The van der Waals surface area contributed by atoms with Gasteiger partial charge in [0.1, 0.15) is 0 Å². The molecular weight excluding hydrogens is 338 g/mol. The molecule has 8 heteroatoms. The first-order valence-electron chi connectivity index (χ1n) is 8.09. The Morgan fingerprint density at radius 2 is 2.04 bits per heavy atom. The number of aryl methyl sites for hydroxylation is 2. The number of nitrogens with zero attached hydrogens (tertiary/aromatic N) is 2. The zero-order valence-electron chi connectivity index (χ0n) is 14.1. The second-order valence-electron chi connectivity index (χ2n) is 5.90. The van der Waals surface area contributed by atoms with Crippen LogP contribution in [0.4, 0.5) is 11.4 Å². The van der Waals surface area contributed by atoms with Crippen molar-refractivity contribution in [3.63, 3.8) is 0 Å². The number of benzene rings is 2. The summed E-state index contributed by atoms with van der Waals surface area (Å²) in [5.41, 5.74) is 2.05. The van der Waals surface area contributed by atoms with E-state index in [9.17, 15) is 19.7 Å². The van der Waals surface area contributed by atoms with Crippen LogP contribution in [-0.2, 0) is 11.3 Å². The summed E-state index contributed by atoms with van der Waals surface area (Å²) in [7, 11) is 0. The zero-order chi connectivity index (χ0) is 18.7. The van der Waals surface area contributed by atoms with Gasteiger partial charge >= 0.3 is 5.76 Å². The first kappa shape index (κ1) is 17.4. The fourth-order valence-electron chi connectivity index (χ4n) is 2.73. The van der Waals surface area contributed by atoms with Gasteiger partial charge in [-0.3, -0.25) is 19.5 Å². The van der Waals surface area contributed by atoms with Gasteiger partial charge in [-0.2, -0.15) is 0 Å². The lowest BCUT2D eigenvalue weighted by molar-refractivity contribution is -0.385.